The first-order valence-corrected chi connectivity index (χ1v) is 36.8. The van der Waals surface area contributed by atoms with E-state index in [4.69, 9.17) is 98.0 Å². The van der Waals surface area contributed by atoms with Gasteiger partial charge in [0.1, 0.15) is 34.1 Å². The maximum absolute atomic E-state index is 13.2. The van der Waals surface area contributed by atoms with Crippen molar-refractivity contribution in [2.24, 2.45) is 23.7 Å². The molecule has 3 fully saturated rings. The average Bonchev–Trinajstić information content (AvgIpc) is 1.56. The van der Waals surface area contributed by atoms with E-state index >= 15 is 0 Å². The summed E-state index contributed by atoms with van der Waals surface area (Å²) in [6.07, 6.45) is 13.0. The fraction of sp³-hybridized carbons (Fsp3) is 0.318. The number of benzene rings is 7. The Morgan fingerprint density at radius 1 is 0.453 bits per heavy atom. The standard InChI is InChI=1S/2C26H27Cl2NO4.C26H25Cl2NO4.C7H8/c2*1-26(2,3)33-25(31)29-14-21-20(24(29)30)12-11-19(18-10-9-17(32-4)13-22(18)28)23(21)15-5-7-16(27)8-6-15;1-26(2,3)33-25(31)29-16-19(14-17-8-11-20(27)12-9-17)22(24(29)30)7-5-6-18-10-13-21(32-4)15-23(18)28;1-7-5-3-2-4-6-7/h2*5-13,19-21,23H,14H2,1-4H3;5-15H,16H2,1-4H3;2-6H,1H3/b;;6-5+,19-14+,22-7+;/t19-,20-,21+,23-;19-,20-,21-,23+;;/m01../s1. The topological polar surface area (TPSA) is 168 Å². The quantitative estimate of drug-likeness (QED) is 0.0723. The lowest BCUT2D eigenvalue weighted by molar-refractivity contribution is -0.130. The summed E-state index contributed by atoms with van der Waals surface area (Å²) in [5.41, 5.74) is 5.92. The van der Waals surface area contributed by atoms with Gasteiger partial charge in [0, 0.05) is 55.6 Å². The van der Waals surface area contributed by atoms with Crippen LogP contribution in [0.4, 0.5) is 14.4 Å². The fourth-order valence-corrected chi connectivity index (χ4v) is 14.5. The third-order valence-corrected chi connectivity index (χ3v) is 19.8. The minimum Gasteiger partial charge on any atom is -0.497 e. The molecule has 15 nitrogen and oxygen atoms in total. The average molecular weight is 1560 g/mol. The molecule has 12 rings (SSSR count). The van der Waals surface area contributed by atoms with Crippen LogP contribution < -0.4 is 14.2 Å². The van der Waals surface area contributed by atoms with E-state index in [1.165, 1.54) is 15.4 Å². The number of imide groups is 3. The van der Waals surface area contributed by atoms with Crippen LogP contribution in [0.2, 0.25) is 30.1 Å². The molecule has 556 valence electrons. The van der Waals surface area contributed by atoms with Crippen LogP contribution in [0.3, 0.4) is 0 Å². The van der Waals surface area contributed by atoms with Crippen molar-refractivity contribution in [1.82, 2.24) is 14.7 Å². The molecule has 106 heavy (non-hydrogen) atoms. The van der Waals surface area contributed by atoms with Crippen LogP contribution in [0.25, 0.3) is 12.2 Å². The van der Waals surface area contributed by atoms with Crippen molar-refractivity contribution in [2.45, 2.75) is 110 Å². The Labute approximate surface area is 651 Å². The molecule has 21 heteroatoms. The van der Waals surface area contributed by atoms with Crippen LogP contribution >= 0.6 is 69.6 Å². The second-order valence-corrected chi connectivity index (χ2v) is 31.6. The Morgan fingerprint density at radius 2 is 0.830 bits per heavy atom. The molecule has 0 spiro atoms. The van der Waals surface area contributed by atoms with Crippen LogP contribution in [-0.4, -0.2) is 108 Å². The number of carbonyl (C=O) groups is 6. The number of halogens is 6. The zero-order valence-electron chi connectivity index (χ0n) is 61.4. The molecule has 0 unspecified atom stereocenters. The fourth-order valence-electron chi connectivity index (χ4n) is 13.3. The summed E-state index contributed by atoms with van der Waals surface area (Å²) in [6.45, 7) is 18.8. The first-order chi connectivity index (χ1) is 50.1. The van der Waals surface area contributed by atoms with E-state index in [0.29, 0.717) is 58.5 Å². The predicted octanol–water partition coefficient (Wildman–Crippen LogP) is 21.7. The first kappa shape index (κ1) is 81.3. The molecule has 8 atom stereocenters. The van der Waals surface area contributed by atoms with E-state index in [9.17, 15) is 28.8 Å². The molecule has 0 N–H and O–H groups in total. The van der Waals surface area contributed by atoms with Gasteiger partial charge >= 0.3 is 18.3 Å². The second kappa shape index (κ2) is 35.3. The lowest BCUT2D eigenvalue weighted by Crippen LogP contribution is -2.38. The molecular formula is C85H87Cl6N3O12. The lowest BCUT2D eigenvalue weighted by Gasteiger charge is -2.36. The zero-order valence-corrected chi connectivity index (χ0v) is 65.9. The summed E-state index contributed by atoms with van der Waals surface area (Å²) in [7, 11) is 4.77. The third kappa shape index (κ3) is 20.9. The van der Waals surface area contributed by atoms with Gasteiger partial charge in [-0.25, -0.2) is 29.1 Å². The summed E-state index contributed by atoms with van der Waals surface area (Å²) in [6, 6.07) is 49.4. The van der Waals surface area contributed by atoms with Crippen molar-refractivity contribution in [2.75, 3.05) is 41.0 Å². The summed E-state index contributed by atoms with van der Waals surface area (Å²) >= 11 is 37.9. The molecule has 7 aromatic carbocycles. The van der Waals surface area contributed by atoms with Gasteiger partial charge in [-0.05, 0) is 223 Å². The maximum atomic E-state index is 13.2. The van der Waals surface area contributed by atoms with Gasteiger partial charge in [0.2, 0.25) is 11.8 Å². The van der Waals surface area contributed by atoms with Crippen LogP contribution in [0.5, 0.6) is 17.2 Å². The number of hydrogen-bond donors (Lipinski definition) is 0. The minimum atomic E-state index is -0.713. The predicted molar refractivity (Wildman–Crippen MR) is 422 cm³/mol. The second-order valence-electron chi connectivity index (χ2n) is 29.1. The number of amides is 6. The number of allylic oxidation sites excluding steroid dienone is 4. The smallest absolute Gasteiger partial charge is 0.417 e. The summed E-state index contributed by atoms with van der Waals surface area (Å²) in [4.78, 5) is 81.3. The van der Waals surface area contributed by atoms with E-state index in [1.807, 2.05) is 140 Å². The van der Waals surface area contributed by atoms with E-state index < -0.39 is 52.8 Å². The molecule has 3 saturated heterocycles. The number of aryl methyl sites for hydroxylation is 1. The van der Waals surface area contributed by atoms with Crippen molar-refractivity contribution in [3.05, 3.63) is 274 Å². The molecular weight excluding hydrogens is 1470 g/mol. The number of ether oxygens (including phenoxy) is 6. The number of nitrogens with zero attached hydrogens (tertiary/aromatic N) is 3. The Kier molecular flexibility index (Phi) is 27.1. The normalized spacial score (nSPS) is 21.1. The molecule has 0 radical (unpaired) electrons. The number of methoxy groups -OCH3 is 3. The van der Waals surface area contributed by atoms with Gasteiger partial charge in [0.05, 0.1) is 44.7 Å². The van der Waals surface area contributed by atoms with E-state index in [-0.39, 0.29) is 67.0 Å². The Bertz CT molecular complexity index is 4320. The van der Waals surface area contributed by atoms with Gasteiger partial charge in [0.25, 0.3) is 5.91 Å². The molecule has 3 aliphatic heterocycles. The van der Waals surface area contributed by atoms with E-state index in [1.54, 1.807) is 138 Å². The van der Waals surface area contributed by atoms with Crippen molar-refractivity contribution < 1.29 is 57.2 Å². The van der Waals surface area contributed by atoms with Gasteiger partial charge in [0.15, 0.2) is 0 Å². The molecule has 0 bridgehead atoms. The Hall–Kier alpha value is -8.80. The summed E-state index contributed by atoms with van der Waals surface area (Å²) in [5.74, 6) is -0.288. The molecule has 3 heterocycles. The minimum absolute atomic E-state index is 0.0838. The monoisotopic (exact) mass is 1550 g/mol. The lowest BCUT2D eigenvalue weighted by atomic mass is 9.67. The number of carbonyl (C=O) groups excluding carboxylic acids is 6. The molecule has 5 aliphatic rings. The van der Waals surface area contributed by atoms with Crippen molar-refractivity contribution >= 4 is 118 Å². The molecule has 7 aromatic rings. The summed E-state index contributed by atoms with van der Waals surface area (Å²) < 4.78 is 32.2. The largest absolute Gasteiger partial charge is 0.497 e. The van der Waals surface area contributed by atoms with Crippen LogP contribution in [-0.2, 0) is 28.6 Å². The van der Waals surface area contributed by atoms with Crippen molar-refractivity contribution in [3.8, 4) is 17.2 Å². The molecule has 6 amide bonds. The van der Waals surface area contributed by atoms with Crippen molar-refractivity contribution in [1.29, 1.82) is 0 Å². The molecule has 0 saturated carbocycles. The highest BCUT2D eigenvalue weighted by Crippen LogP contribution is 2.53. The van der Waals surface area contributed by atoms with Gasteiger partial charge in [-0.15, -0.1) is 0 Å². The van der Waals surface area contributed by atoms with Gasteiger partial charge < -0.3 is 28.4 Å². The molecule has 2 aliphatic carbocycles. The number of fused-ring (bicyclic) bond motifs is 2. The summed E-state index contributed by atoms with van der Waals surface area (Å²) in [5, 5.41) is 3.60. The van der Waals surface area contributed by atoms with Crippen molar-refractivity contribution in [3.63, 3.8) is 0 Å². The SMILES string of the molecule is COc1ccc(/C=C/C=C2/C(=O)N(C(=O)OC(C)(C)C)C/C2=C\c2ccc(Cl)cc2)c(Cl)c1.COc1ccc([C@@H]2C=C[C@@H]3C(=O)N(C(=O)OC(C)(C)C)C[C@H]3[C@H]2c2ccc(Cl)cc2)c(Cl)c1.COc1ccc([C@H]2C=C[C@H]3C(=O)N(C(=O)OC(C)(C)C)C[C@H]3[C@H]2c2ccc(Cl)cc2)c(Cl)c1.Cc1ccccc1. The van der Waals surface area contributed by atoms with E-state index in [0.717, 1.165) is 38.3 Å². The maximum Gasteiger partial charge on any atom is 0.417 e. The highest BCUT2D eigenvalue weighted by Gasteiger charge is 2.52. The number of likely N-dealkylation sites (tertiary alicyclic amines) is 3. The molecule has 0 aromatic heterocycles. The van der Waals surface area contributed by atoms with Crippen LogP contribution in [0, 0.1) is 30.6 Å². The van der Waals surface area contributed by atoms with Gasteiger partial charge in [-0.3, -0.25) is 14.4 Å². The zero-order chi connectivity index (χ0) is 77.1. The van der Waals surface area contributed by atoms with Crippen LogP contribution in [0.15, 0.2) is 205 Å². The van der Waals surface area contributed by atoms with Crippen LogP contribution in [0.1, 0.15) is 125 Å². The number of hydrogen-bond acceptors (Lipinski definition) is 12. The Morgan fingerprint density at radius 3 is 1.20 bits per heavy atom. The first-order valence-electron chi connectivity index (χ1n) is 34.5. The Balaban J connectivity index is 0.000000175. The van der Waals surface area contributed by atoms with Gasteiger partial charge in [-0.1, -0.05) is 190 Å². The van der Waals surface area contributed by atoms with E-state index in [2.05, 4.69) is 19.1 Å². The highest BCUT2D eigenvalue weighted by molar-refractivity contribution is 6.33. The highest BCUT2D eigenvalue weighted by atomic mass is 35.5. The van der Waals surface area contributed by atoms with Gasteiger partial charge in [-0.2, -0.15) is 0 Å². The third-order valence-electron chi connectivity index (χ3n) is 18.1. The number of rotatable bonds is 10.